The van der Waals surface area contributed by atoms with Gasteiger partial charge in [0.05, 0.1) is 12.8 Å². The number of anilines is 1. The summed E-state index contributed by atoms with van der Waals surface area (Å²) >= 11 is 0. The van der Waals surface area contributed by atoms with Crippen molar-refractivity contribution in [2.75, 3.05) is 32.6 Å². The highest BCUT2D eigenvalue weighted by atomic mass is 16.5. The van der Waals surface area contributed by atoms with Crippen molar-refractivity contribution < 1.29 is 14.3 Å². The molecule has 2 aromatic heterocycles. The lowest BCUT2D eigenvalue weighted by Crippen LogP contribution is -2.51. The average molecular weight is 465 g/mol. The molecule has 0 saturated carbocycles. The molecular formula is C25H32N6O3. The van der Waals surface area contributed by atoms with Gasteiger partial charge in [-0.05, 0) is 25.5 Å². The van der Waals surface area contributed by atoms with Gasteiger partial charge in [-0.2, -0.15) is 5.10 Å². The first-order valence-corrected chi connectivity index (χ1v) is 11.3. The number of carbonyl (C=O) groups is 2. The zero-order valence-corrected chi connectivity index (χ0v) is 20.4. The summed E-state index contributed by atoms with van der Waals surface area (Å²) in [5.74, 6) is 0.722. The number of benzene rings is 1. The van der Waals surface area contributed by atoms with Crippen LogP contribution in [0.15, 0.2) is 54.7 Å². The fourth-order valence-corrected chi connectivity index (χ4v) is 3.71. The monoisotopic (exact) mass is 464 g/mol. The van der Waals surface area contributed by atoms with Crippen molar-refractivity contribution in [2.24, 2.45) is 7.05 Å². The van der Waals surface area contributed by atoms with Gasteiger partial charge in [-0.25, -0.2) is 9.78 Å². The van der Waals surface area contributed by atoms with Crippen molar-refractivity contribution in [2.45, 2.75) is 26.3 Å². The van der Waals surface area contributed by atoms with E-state index in [0.717, 1.165) is 11.1 Å². The number of carbonyl (C=O) groups excluding carboxylic acids is 2. The highest BCUT2D eigenvalue weighted by Crippen LogP contribution is 2.24. The van der Waals surface area contributed by atoms with E-state index in [0.29, 0.717) is 36.9 Å². The summed E-state index contributed by atoms with van der Waals surface area (Å²) < 4.78 is 6.80. The number of nitrogens with one attached hydrogen (secondary N) is 1. The third kappa shape index (κ3) is 5.72. The molecule has 180 valence electrons. The first kappa shape index (κ1) is 24.8. The Morgan fingerprint density at radius 3 is 2.47 bits per heavy atom. The summed E-state index contributed by atoms with van der Waals surface area (Å²) in [5.41, 5.74) is 2.46. The normalized spacial score (nSPS) is 11.6. The Bertz CT molecular complexity index is 1110. The first-order valence-electron chi connectivity index (χ1n) is 11.3. The smallest absolute Gasteiger partial charge is 0.320 e. The SMILES string of the molecule is CCN(CC)C(=O)N(C)[C@@H](Cc1ccccc1)C(=O)Nc1cc(-c2ccnc(OC)c2)nn1C. The van der Waals surface area contributed by atoms with Crippen molar-refractivity contribution in [1.82, 2.24) is 24.6 Å². The molecule has 34 heavy (non-hydrogen) atoms. The number of hydrogen-bond acceptors (Lipinski definition) is 5. The van der Waals surface area contributed by atoms with Crippen LogP contribution < -0.4 is 10.1 Å². The van der Waals surface area contributed by atoms with Crippen molar-refractivity contribution in [1.29, 1.82) is 0 Å². The van der Waals surface area contributed by atoms with Crippen LogP contribution >= 0.6 is 0 Å². The van der Waals surface area contributed by atoms with Crippen LogP contribution in [0.4, 0.5) is 10.6 Å². The summed E-state index contributed by atoms with van der Waals surface area (Å²) in [6, 6.07) is 14.2. The zero-order chi connectivity index (χ0) is 24.7. The van der Waals surface area contributed by atoms with E-state index in [1.54, 1.807) is 49.1 Å². The predicted molar refractivity (Wildman–Crippen MR) is 132 cm³/mol. The van der Waals surface area contributed by atoms with Gasteiger partial charge in [-0.15, -0.1) is 0 Å². The van der Waals surface area contributed by atoms with Gasteiger partial charge < -0.3 is 19.9 Å². The van der Waals surface area contributed by atoms with Crippen LogP contribution in [0.1, 0.15) is 19.4 Å². The third-order valence-corrected chi connectivity index (χ3v) is 5.75. The Morgan fingerprint density at radius 1 is 1.12 bits per heavy atom. The van der Waals surface area contributed by atoms with Crippen molar-refractivity contribution in [3.8, 4) is 17.1 Å². The minimum absolute atomic E-state index is 0.185. The summed E-state index contributed by atoms with van der Waals surface area (Å²) in [7, 11) is 4.99. The second-order valence-corrected chi connectivity index (χ2v) is 7.89. The molecule has 0 unspecified atom stereocenters. The number of urea groups is 1. The number of nitrogens with zero attached hydrogens (tertiary/aromatic N) is 5. The summed E-state index contributed by atoms with van der Waals surface area (Å²) in [6.07, 6.45) is 2.03. The molecule has 1 aromatic carbocycles. The van der Waals surface area contributed by atoms with E-state index in [2.05, 4.69) is 15.4 Å². The maximum Gasteiger partial charge on any atom is 0.320 e. The lowest BCUT2D eigenvalue weighted by Gasteiger charge is -2.32. The summed E-state index contributed by atoms with van der Waals surface area (Å²) in [5, 5.41) is 7.48. The quantitative estimate of drug-likeness (QED) is 0.524. The van der Waals surface area contributed by atoms with Gasteiger partial charge in [0, 0.05) is 57.5 Å². The number of rotatable bonds is 9. The molecule has 1 N–H and O–H groups in total. The number of likely N-dealkylation sites (N-methyl/N-ethyl adjacent to an activating group) is 1. The van der Waals surface area contributed by atoms with Crippen LogP contribution in [0.5, 0.6) is 5.88 Å². The van der Waals surface area contributed by atoms with Crippen LogP contribution in [0, 0.1) is 0 Å². The number of aryl methyl sites for hydroxylation is 1. The molecule has 3 aromatic rings. The van der Waals surface area contributed by atoms with Crippen LogP contribution in [0.25, 0.3) is 11.3 Å². The Kier molecular flexibility index (Phi) is 8.24. The lowest BCUT2D eigenvalue weighted by molar-refractivity contribution is -0.120. The predicted octanol–water partition coefficient (Wildman–Crippen LogP) is 3.43. The largest absolute Gasteiger partial charge is 0.481 e. The first-order chi connectivity index (χ1) is 16.4. The molecule has 0 bridgehead atoms. The van der Waals surface area contributed by atoms with E-state index in [9.17, 15) is 9.59 Å². The third-order valence-electron chi connectivity index (χ3n) is 5.75. The summed E-state index contributed by atoms with van der Waals surface area (Å²) in [4.78, 5) is 33.8. The Labute approximate surface area is 200 Å². The molecular weight excluding hydrogens is 432 g/mol. The molecule has 0 fully saturated rings. The van der Waals surface area contributed by atoms with Gasteiger partial charge in [0.25, 0.3) is 0 Å². The molecule has 2 heterocycles. The molecule has 1 atom stereocenters. The number of hydrogen-bond donors (Lipinski definition) is 1. The molecule has 0 aliphatic rings. The van der Waals surface area contributed by atoms with Gasteiger partial charge in [0.15, 0.2) is 0 Å². The highest BCUT2D eigenvalue weighted by molar-refractivity contribution is 5.97. The van der Waals surface area contributed by atoms with Gasteiger partial charge in [-0.1, -0.05) is 30.3 Å². The van der Waals surface area contributed by atoms with Gasteiger partial charge in [0.1, 0.15) is 11.9 Å². The Balaban J connectivity index is 1.86. The summed E-state index contributed by atoms with van der Waals surface area (Å²) in [6.45, 7) is 4.99. The van der Waals surface area contributed by atoms with Crippen LogP contribution in [-0.2, 0) is 18.3 Å². The number of methoxy groups -OCH3 is 1. The minimum atomic E-state index is -0.699. The number of pyridine rings is 1. The molecule has 0 spiro atoms. The maximum absolute atomic E-state index is 13.5. The van der Waals surface area contributed by atoms with Gasteiger partial charge in [-0.3, -0.25) is 9.48 Å². The van der Waals surface area contributed by atoms with Gasteiger partial charge in [0.2, 0.25) is 11.8 Å². The number of amides is 3. The number of ether oxygens (including phenoxy) is 1. The minimum Gasteiger partial charge on any atom is -0.481 e. The molecule has 0 radical (unpaired) electrons. The van der Waals surface area contributed by atoms with Crippen LogP contribution in [0.3, 0.4) is 0 Å². The van der Waals surface area contributed by atoms with Gasteiger partial charge >= 0.3 is 6.03 Å². The highest BCUT2D eigenvalue weighted by Gasteiger charge is 2.30. The molecule has 0 aliphatic heterocycles. The lowest BCUT2D eigenvalue weighted by atomic mass is 10.0. The Morgan fingerprint density at radius 2 is 1.82 bits per heavy atom. The average Bonchev–Trinajstić information content (AvgIpc) is 3.23. The molecule has 3 amide bonds. The molecule has 0 saturated heterocycles. The zero-order valence-electron chi connectivity index (χ0n) is 20.4. The van der Waals surface area contributed by atoms with E-state index >= 15 is 0 Å². The van der Waals surface area contributed by atoms with Crippen LogP contribution in [-0.4, -0.2) is 69.8 Å². The Hall–Kier alpha value is -3.88. The van der Waals surface area contributed by atoms with E-state index in [1.807, 2.05) is 50.2 Å². The standard InChI is InChI=1S/C25H32N6O3/c1-6-31(7-2)25(33)29(3)21(15-18-11-9-8-10-12-18)24(32)27-22-17-20(28-30(22)4)19-13-14-26-23(16-19)34-5/h8-14,16-17,21H,6-7,15H2,1-5H3,(H,27,32)/t21-/m0/s1. The molecule has 9 heteroatoms. The number of aromatic nitrogens is 3. The van der Waals surface area contributed by atoms with E-state index in [-0.39, 0.29) is 11.9 Å². The van der Waals surface area contributed by atoms with E-state index < -0.39 is 6.04 Å². The second-order valence-electron chi connectivity index (χ2n) is 7.89. The second kappa shape index (κ2) is 11.3. The van der Waals surface area contributed by atoms with E-state index in [1.165, 1.54) is 4.90 Å². The maximum atomic E-state index is 13.5. The van der Waals surface area contributed by atoms with E-state index in [4.69, 9.17) is 4.74 Å². The molecule has 0 aliphatic carbocycles. The topological polar surface area (TPSA) is 92.6 Å². The van der Waals surface area contributed by atoms with Crippen molar-refractivity contribution in [3.63, 3.8) is 0 Å². The van der Waals surface area contributed by atoms with Crippen molar-refractivity contribution >= 4 is 17.8 Å². The fourth-order valence-electron chi connectivity index (χ4n) is 3.71. The van der Waals surface area contributed by atoms with Crippen molar-refractivity contribution in [3.05, 3.63) is 60.3 Å². The van der Waals surface area contributed by atoms with Crippen LogP contribution in [0.2, 0.25) is 0 Å². The fraction of sp³-hybridized carbons (Fsp3) is 0.360. The molecule has 9 nitrogen and oxygen atoms in total. The molecule has 3 rings (SSSR count).